The van der Waals surface area contributed by atoms with Crippen molar-refractivity contribution >= 4 is 5.91 Å². The van der Waals surface area contributed by atoms with Crippen LogP contribution in [0, 0.1) is 23.6 Å². The van der Waals surface area contributed by atoms with E-state index in [9.17, 15) is 9.18 Å². The fourth-order valence-corrected chi connectivity index (χ4v) is 6.07. The first-order valence-electron chi connectivity index (χ1n) is 9.62. The van der Waals surface area contributed by atoms with E-state index < -0.39 is 0 Å². The normalized spacial score (nSPS) is 32.0. The van der Waals surface area contributed by atoms with Gasteiger partial charge in [0.1, 0.15) is 11.5 Å². The summed E-state index contributed by atoms with van der Waals surface area (Å²) in [5.41, 5.74) is 2.03. The van der Waals surface area contributed by atoms with E-state index in [2.05, 4.69) is 10.2 Å². The Kier molecular flexibility index (Phi) is 3.49. The molecule has 6 rings (SSSR count). The lowest BCUT2D eigenvalue weighted by Gasteiger charge is -2.59. The van der Waals surface area contributed by atoms with Gasteiger partial charge >= 0.3 is 0 Å². The minimum Gasteiger partial charge on any atom is -0.335 e. The average molecular weight is 353 g/mol. The number of hydrogen-bond donors (Lipinski definition) is 1. The molecule has 136 valence electrons. The lowest BCUT2D eigenvalue weighted by atomic mass is 9.52. The highest BCUT2D eigenvalue weighted by Gasteiger charge is 2.53. The number of carbonyl (C=O) groups is 1. The van der Waals surface area contributed by atoms with E-state index in [4.69, 9.17) is 0 Å². The number of aromatic nitrogens is 2. The molecule has 2 aromatic rings. The summed E-state index contributed by atoms with van der Waals surface area (Å²) in [6.45, 7) is 0. The summed E-state index contributed by atoms with van der Waals surface area (Å²) in [4.78, 5) is 15.2. The number of carbonyl (C=O) groups excluding carboxylic acids is 1. The van der Waals surface area contributed by atoms with Crippen LogP contribution in [0.4, 0.5) is 4.39 Å². The summed E-state index contributed by atoms with van der Waals surface area (Å²) in [5.74, 6) is 2.14. The standard InChI is InChI=1S/C21H24FN3O/c1-25(21-10-13-6-14(11-21)8-15(7-13)12-21)20(26)19-9-18(23-24-19)16-2-4-17(22)5-3-16/h2-5,9,13-15H,6-8,10-12H2,1H3,(H,23,24). The summed E-state index contributed by atoms with van der Waals surface area (Å²) in [6, 6.07) is 7.97. The Hall–Kier alpha value is -2.17. The molecule has 4 bridgehead atoms. The SMILES string of the molecule is CN(C(=O)c1cc(-c2ccc(F)cc2)n[nH]1)C12CC3CC(CC(C3)C1)C2. The fraction of sp³-hybridized carbons (Fsp3) is 0.524. The molecule has 0 radical (unpaired) electrons. The molecular weight excluding hydrogens is 329 g/mol. The summed E-state index contributed by atoms with van der Waals surface area (Å²) in [5, 5.41) is 7.17. The molecule has 4 aliphatic carbocycles. The van der Waals surface area contributed by atoms with Gasteiger partial charge in [-0.2, -0.15) is 5.10 Å². The maximum atomic E-state index is 13.2. The van der Waals surface area contributed by atoms with Crippen LogP contribution in [0.15, 0.2) is 30.3 Å². The van der Waals surface area contributed by atoms with Crippen molar-refractivity contribution in [3.05, 3.63) is 41.8 Å². The maximum absolute atomic E-state index is 13.2. The third-order valence-electron chi connectivity index (χ3n) is 6.97. The first-order chi connectivity index (χ1) is 12.5. The van der Waals surface area contributed by atoms with Gasteiger partial charge in [0.05, 0.1) is 5.69 Å². The van der Waals surface area contributed by atoms with Crippen LogP contribution in [0.5, 0.6) is 0 Å². The van der Waals surface area contributed by atoms with E-state index in [1.54, 1.807) is 18.2 Å². The summed E-state index contributed by atoms with van der Waals surface area (Å²) in [6.07, 6.45) is 7.54. The summed E-state index contributed by atoms with van der Waals surface area (Å²) < 4.78 is 13.1. The van der Waals surface area contributed by atoms with E-state index in [1.165, 1.54) is 31.4 Å². The average Bonchev–Trinajstić information content (AvgIpc) is 3.10. The van der Waals surface area contributed by atoms with E-state index >= 15 is 0 Å². The Morgan fingerprint density at radius 1 is 1.12 bits per heavy atom. The van der Waals surface area contributed by atoms with E-state index in [0.29, 0.717) is 11.4 Å². The predicted octanol–water partition coefficient (Wildman–Crippen LogP) is 4.26. The van der Waals surface area contributed by atoms with Crippen molar-refractivity contribution < 1.29 is 9.18 Å². The van der Waals surface area contributed by atoms with Crippen LogP contribution in [-0.2, 0) is 0 Å². The maximum Gasteiger partial charge on any atom is 0.272 e. The van der Waals surface area contributed by atoms with Crippen molar-refractivity contribution in [1.82, 2.24) is 15.1 Å². The predicted molar refractivity (Wildman–Crippen MR) is 97.0 cm³/mol. The molecule has 1 N–H and O–H groups in total. The Morgan fingerprint density at radius 2 is 1.69 bits per heavy atom. The monoisotopic (exact) mass is 353 g/mol. The second-order valence-corrected chi connectivity index (χ2v) is 8.68. The molecule has 0 spiro atoms. The van der Waals surface area contributed by atoms with Crippen LogP contribution < -0.4 is 0 Å². The molecule has 1 aromatic heterocycles. The molecular formula is C21H24FN3O. The zero-order valence-electron chi connectivity index (χ0n) is 15.0. The van der Waals surface area contributed by atoms with Gasteiger partial charge in [-0.1, -0.05) is 0 Å². The molecule has 1 heterocycles. The smallest absolute Gasteiger partial charge is 0.272 e. The Labute approximate surface area is 152 Å². The Morgan fingerprint density at radius 3 is 2.27 bits per heavy atom. The number of rotatable bonds is 3. The molecule has 0 saturated heterocycles. The van der Waals surface area contributed by atoms with Crippen molar-refractivity contribution in [3.63, 3.8) is 0 Å². The van der Waals surface area contributed by atoms with Gasteiger partial charge in [0, 0.05) is 18.2 Å². The number of halogens is 1. The van der Waals surface area contributed by atoms with Crippen LogP contribution in [0.1, 0.15) is 49.0 Å². The Balaban J connectivity index is 1.39. The van der Waals surface area contributed by atoms with Crippen LogP contribution in [0.3, 0.4) is 0 Å². The number of benzene rings is 1. The minimum atomic E-state index is -0.276. The third-order valence-corrected chi connectivity index (χ3v) is 6.97. The molecule has 1 amide bonds. The minimum absolute atomic E-state index is 0.0211. The largest absolute Gasteiger partial charge is 0.335 e. The van der Waals surface area contributed by atoms with Gasteiger partial charge in [-0.15, -0.1) is 0 Å². The lowest BCUT2D eigenvalue weighted by molar-refractivity contribution is -0.0667. The molecule has 26 heavy (non-hydrogen) atoms. The number of hydrogen-bond acceptors (Lipinski definition) is 2. The summed E-state index contributed by atoms with van der Waals surface area (Å²) in [7, 11) is 1.97. The number of nitrogens with one attached hydrogen (secondary N) is 1. The first-order valence-corrected chi connectivity index (χ1v) is 9.62. The fourth-order valence-electron chi connectivity index (χ4n) is 6.07. The van der Waals surface area contributed by atoms with Crippen molar-refractivity contribution in [3.8, 4) is 11.3 Å². The molecule has 4 aliphatic rings. The highest BCUT2D eigenvalue weighted by atomic mass is 19.1. The quantitative estimate of drug-likeness (QED) is 0.896. The number of aromatic amines is 1. The molecule has 1 aromatic carbocycles. The summed E-state index contributed by atoms with van der Waals surface area (Å²) >= 11 is 0. The second-order valence-electron chi connectivity index (χ2n) is 8.68. The molecule has 4 fully saturated rings. The molecule has 0 unspecified atom stereocenters. The van der Waals surface area contributed by atoms with Gasteiger partial charge < -0.3 is 4.90 Å². The zero-order valence-corrected chi connectivity index (χ0v) is 15.0. The third kappa shape index (κ3) is 2.48. The topological polar surface area (TPSA) is 49.0 Å². The zero-order chi connectivity index (χ0) is 17.9. The molecule has 4 nitrogen and oxygen atoms in total. The van der Waals surface area contributed by atoms with Crippen molar-refractivity contribution in [2.75, 3.05) is 7.05 Å². The van der Waals surface area contributed by atoms with Crippen molar-refractivity contribution in [2.24, 2.45) is 17.8 Å². The Bertz CT molecular complexity index is 806. The lowest BCUT2D eigenvalue weighted by Crippen LogP contribution is -2.60. The van der Waals surface area contributed by atoms with Gasteiger partial charge in [-0.25, -0.2) is 4.39 Å². The molecule has 4 saturated carbocycles. The van der Waals surface area contributed by atoms with Crippen molar-refractivity contribution in [2.45, 2.75) is 44.1 Å². The van der Waals surface area contributed by atoms with Gasteiger partial charge in [-0.05, 0) is 86.6 Å². The van der Waals surface area contributed by atoms with Crippen LogP contribution in [0.2, 0.25) is 0 Å². The van der Waals surface area contributed by atoms with Crippen LogP contribution in [0.25, 0.3) is 11.3 Å². The van der Waals surface area contributed by atoms with Crippen molar-refractivity contribution in [1.29, 1.82) is 0 Å². The van der Waals surface area contributed by atoms with E-state index in [-0.39, 0.29) is 17.3 Å². The number of H-pyrrole nitrogens is 1. The highest BCUT2D eigenvalue weighted by Crippen LogP contribution is 2.57. The molecule has 0 aliphatic heterocycles. The van der Waals surface area contributed by atoms with Gasteiger partial charge in [0.15, 0.2) is 0 Å². The first kappa shape index (κ1) is 16.0. The van der Waals surface area contributed by atoms with Crippen LogP contribution in [-0.4, -0.2) is 33.6 Å². The van der Waals surface area contributed by atoms with Gasteiger partial charge in [0.25, 0.3) is 5.91 Å². The van der Waals surface area contributed by atoms with Gasteiger partial charge in [0.2, 0.25) is 0 Å². The van der Waals surface area contributed by atoms with E-state index in [1.807, 2.05) is 11.9 Å². The molecule has 5 heteroatoms. The number of nitrogens with zero attached hydrogens (tertiary/aromatic N) is 2. The van der Waals surface area contributed by atoms with E-state index in [0.717, 1.165) is 42.6 Å². The highest BCUT2D eigenvalue weighted by molar-refractivity contribution is 5.93. The van der Waals surface area contributed by atoms with Crippen LogP contribution >= 0.6 is 0 Å². The molecule has 0 atom stereocenters. The van der Waals surface area contributed by atoms with Gasteiger partial charge in [-0.3, -0.25) is 9.89 Å². The number of amides is 1. The second kappa shape index (κ2) is 5.66.